The van der Waals surface area contributed by atoms with Crippen molar-refractivity contribution in [3.63, 3.8) is 0 Å². The van der Waals surface area contributed by atoms with Crippen molar-refractivity contribution in [1.29, 1.82) is 0 Å². The molecule has 0 aromatic heterocycles. The van der Waals surface area contributed by atoms with Crippen molar-refractivity contribution in [3.8, 4) is 5.75 Å². The Morgan fingerprint density at radius 2 is 2.26 bits per heavy atom. The fraction of sp³-hybridized carbons (Fsp3) is 0.526. The molecule has 2 unspecified atom stereocenters. The molecule has 1 fully saturated rings. The second-order valence-electron chi connectivity index (χ2n) is 6.51. The summed E-state index contributed by atoms with van der Waals surface area (Å²) < 4.78 is 5.67. The minimum absolute atomic E-state index is 0.0167. The molecule has 126 valence electrons. The molecule has 1 heterocycles. The Labute approximate surface area is 138 Å². The standard InChI is InChI=1S/C19H27NO3/c1-14(2)9-11-23-18-8-4-6-16(12-18)19(22)20-10-5-7-17(13-20)15(3)21/h4,6,8-9,12,15,17,21H,5,7,10-11,13H2,1-3H3. The minimum Gasteiger partial charge on any atom is -0.490 e. The molecule has 1 aromatic carbocycles. The maximum absolute atomic E-state index is 12.7. The molecule has 1 aliphatic rings. The van der Waals surface area contributed by atoms with E-state index >= 15 is 0 Å². The van der Waals surface area contributed by atoms with Crippen molar-refractivity contribution in [1.82, 2.24) is 4.90 Å². The second-order valence-corrected chi connectivity index (χ2v) is 6.51. The second kappa shape index (κ2) is 8.16. The van der Waals surface area contributed by atoms with Gasteiger partial charge >= 0.3 is 0 Å². The van der Waals surface area contributed by atoms with Gasteiger partial charge in [-0.1, -0.05) is 11.6 Å². The van der Waals surface area contributed by atoms with Crippen LogP contribution in [0.2, 0.25) is 0 Å². The summed E-state index contributed by atoms with van der Waals surface area (Å²) in [5.41, 5.74) is 1.85. The molecule has 0 bridgehead atoms. The lowest BCUT2D eigenvalue weighted by Crippen LogP contribution is -2.42. The fourth-order valence-corrected chi connectivity index (χ4v) is 2.79. The SMILES string of the molecule is CC(C)=CCOc1cccc(C(=O)N2CCCC(C(C)O)C2)c1. The monoisotopic (exact) mass is 317 g/mol. The predicted molar refractivity (Wildman–Crippen MR) is 91.7 cm³/mol. The van der Waals surface area contributed by atoms with Crippen LogP contribution in [0.1, 0.15) is 44.0 Å². The van der Waals surface area contributed by atoms with Crippen molar-refractivity contribution in [2.45, 2.75) is 39.7 Å². The van der Waals surface area contributed by atoms with Gasteiger partial charge in [0.25, 0.3) is 5.91 Å². The normalized spacial score (nSPS) is 19.1. The summed E-state index contributed by atoms with van der Waals surface area (Å²) in [6.45, 7) is 7.74. The molecule has 1 amide bonds. The summed E-state index contributed by atoms with van der Waals surface area (Å²) in [5, 5.41) is 9.77. The number of hydrogen-bond donors (Lipinski definition) is 1. The van der Waals surface area contributed by atoms with E-state index in [1.165, 1.54) is 5.57 Å². The van der Waals surface area contributed by atoms with Crippen LogP contribution in [0.25, 0.3) is 0 Å². The van der Waals surface area contributed by atoms with E-state index in [-0.39, 0.29) is 17.9 Å². The number of likely N-dealkylation sites (tertiary alicyclic amines) is 1. The summed E-state index contributed by atoms with van der Waals surface area (Å²) >= 11 is 0. The number of ether oxygens (including phenoxy) is 1. The number of carbonyl (C=O) groups excluding carboxylic acids is 1. The molecular weight excluding hydrogens is 290 g/mol. The Morgan fingerprint density at radius 3 is 2.96 bits per heavy atom. The lowest BCUT2D eigenvalue weighted by molar-refractivity contribution is 0.0465. The van der Waals surface area contributed by atoms with Gasteiger partial charge in [-0.3, -0.25) is 4.79 Å². The number of piperidine rings is 1. The van der Waals surface area contributed by atoms with Gasteiger partial charge in [-0.05, 0) is 57.9 Å². The van der Waals surface area contributed by atoms with Gasteiger partial charge < -0.3 is 14.7 Å². The molecule has 1 N–H and O–H groups in total. The van der Waals surface area contributed by atoms with E-state index in [0.717, 1.165) is 19.4 Å². The van der Waals surface area contributed by atoms with Gasteiger partial charge in [-0.2, -0.15) is 0 Å². The topological polar surface area (TPSA) is 49.8 Å². The number of rotatable bonds is 5. The van der Waals surface area contributed by atoms with Gasteiger partial charge in [0.1, 0.15) is 12.4 Å². The van der Waals surface area contributed by atoms with E-state index in [1.54, 1.807) is 13.0 Å². The summed E-state index contributed by atoms with van der Waals surface area (Å²) in [6.07, 6.45) is 3.56. The first-order valence-corrected chi connectivity index (χ1v) is 8.31. The third kappa shape index (κ3) is 5.10. The van der Waals surface area contributed by atoms with E-state index < -0.39 is 0 Å². The maximum Gasteiger partial charge on any atom is 0.253 e. The zero-order valence-corrected chi connectivity index (χ0v) is 14.3. The van der Waals surface area contributed by atoms with Crippen molar-refractivity contribution >= 4 is 5.91 Å². The van der Waals surface area contributed by atoms with Gasteiger partial charge in [0, 0.05) is 24.6 Å². The molecule has 4 heteroatoms. The number of aliphatic hydroxyl groups is 1. The highest BCUT2D eigenvalue weighted by Crippen LogP contribution is 2.22. The molecule has 0 saturated carbocycles. The molecule has 0 radical (unpaired) electrons. The first-order chi connectivity index (χ1) is 11.0. The van der Waals surface area contributed by atoms with Crippen LogP contribution in [0.5, 0.6) is 5.75 Å². The first-order valence-electron chi connectivity index (χ1n) is 8.31. The number of hydrogen-bond acceptors (Lipinski definition) is 3. The van der Waals surface area contributed by atoms with Crippen LogP contribution >= 0.6 is 0 Å². The van der Waals surface area contributed by atoms with E-state index in [9.17, 15) is 9.90 Å². The number of allylic oxidation sites excluding steroid dienone is 1. The van der Waals surface area contributed by atoms with Crippen LogP contribution in [0, 0.1) is 5.92 Å². The quantitative estimate of drug-likeness (QED) is 0.848. The predicted octanol–water partition coefficient (Wildman–Crippen LogP) is 3.26. The first kappa shape index (κ1) is 17.5. The zero-order chi connectivity index (χ0) is 16.8. The fourth-order valence-electron chi connectivity index (χ4n) is 2.79. The molecule has 0 spiro atoms. The van der Waals surface area contributed by atoms with Gasteiger partial charge in [-0.25, -0.2) is 0 Å². The average Bonchev–Trinajstić information content (AvgIpc) is 2.54. The van der Waals surface area contributed by atoms with Gasteiger partial charge in [-0.15, -0.1) is 0 Å². The number of aliphatic hydroxyl groups excluding tert-OH is 1. The van der Waals surface area contributed by atoms with Crippen LogP contribution in [-0.4, -0.2) is 41.7 Å². The molecular formula is C19H27NO3. The third-order valence-corrected chi connectivity index (χ3v) is 4.25. The van der Waals surface area contributed by atoms with E-state index in [2.05, 4.69) is 0 Å². The number of nitrogens with zero attached hydrogens (tertiary/aromatic N) is 1. The Bertz CT molecular complexity index is 561. The van der Waals surface area contributed by atoms with E-state index in [1.807, 2.05) is 43.0 Å². The van der Waals surface area contributed by atoms with Gasteiger partial charge in [0.05, 0.1) is 6.10 Å². The lowest BCUT2D eigenvalue weighted by atomic mass is 9.93. The molecule has 1 saturated heterocycles. The smallest absolute Gasteiger partial charge is 0.253 e. The minimum atomic E-state index is -0.371. The Kier molecular flexibility index (Phi) is 6.22. The third-order valence-electron chi connectivity index (χ3n) is 4.25. The van der Waals surface area contributed by atoms with Crippen LogP contribution < -0.4 is 4.74 Å². The maximum atomic E-state index is 12.7. The van der Waals surface area contributed by atoms with Crippen molar-refractivity contribution in [3.05, 3.63) is 41.5 Å². The number of benzene rings is 1. The summed E-state index contributed by atoms with van der Waals surface area (Å²) in [5.74, 6) is 0.894. The molecule has 23 heavy (non-hydrogen) atoms. The molecule has 4 nitrogen and oxygen atoms in total. The molecule has 0 aliphatic carbocycles. The van der Waals surface area contributed by atoms with Crippen LogP contribution in [0.3, 0.4) is 0 Å². The Morgan fingerprint density at radius 1 is 1.48 bits per heavy atom. The van der Waals surface area contributed by atoms with E-state index in [4.69, 9.17) is 4.74 Å². The average molecular weight is 317 g/mol. The van der Waals surface area contributed by atoms with Crippen LogP contribution in [0.4, 0.5) is 0 Å². The molecule has 1 aliphatic heterocycles. The van der Waals surface area contributed by atoms with E-state index in [0.29, 0.717) is 24.5 Å². The van der Waals surface area contributed by atoms with Crippen LogP contribution in [0.15, 0.2) is 35.9 Å². The lowest BCUT2D eigenvalue weighted by Gasteiger charge is -2.34. The largest absolute Gasteiger partial charge is 0.490 e. The highest BCUT2D eigenvalue weighted by molar-refractivity contribution is 5.94. The van der Waals surface area contributed by atoms with Gasteiger partial charge in [0.2, 0.25) is 0 Å². The zero-order valence-electron chi connectivity index (χ0n) is 14.3. The Hall–Kier alpha value is -1.81. The highest BCUT2D eigenvalue weighted by atomic mass is 16.5. The summed E-state index contributed by atoms with van der Waals surface area (Å²) in [6, 6.07) is 7.33. The van der Waals surface area contributed by atoms with Crippen LogP contribution in [-0.2, 0) is 0 Å². The van der Waals surface area contributed by atoms with Gasteiger partial charge in [0.15, 0.2) is 0 Å². The summed E-state index contributed by atoms with van der Waals surface area (Å²) in [7, 11) is 0. The molecule has 2 atom stereocenters. The van der Waals surface area contributed by atoms with Crippen molar-refractivity contribution in [2.24, 2.45) is 5.92 Å². The summed E-state index contributed by atoms with van der Waals surface area (Å²) in [4.78, 5) is 14.5. The molecule has 1 aromatic rings. The van der Waals surface area contributed by atoms with Crippen molar-refractivity contribution < 1.29 is 14.6 Å². The number of carbonyl (C=O) groups is 1. The molecule has 2 rings (SSSR count). The number of amides is 1. The Balaban J connectivity index is 2.03. The van der Waals surface area contributed by atoms with Crippen molar-refractivity contribution in [2.75, 3.05) is 19.7 Å². The highest BCUT2D eigenvalue weighted by Gasteiger charge is 2.27.